The summed E-state index contributed by atoms with van der Waals surface area (Å²) < 4.78 is 4.84. The van der Waals surface area contributed by atoms with Gasteiger partial charge in [-0.3, -0.25) is 0 Å². The van der Waals surface area contributed by atoms with E-state index in [1.807, 2.05) is 19.2 Å². The molecule has 0 fully saturated rings. The minimum atomic E-state index is -0.359. The molecule has 0 saturated heterocycles. The predicted octanol–water partition coefficient (Wildman–Crippen LogP) is 1.55. The van der Waals surface area contributed by atoms with E-state index in [0.29, 0.717) is 12.3 Å². The van der Waals surface area contributed by atoms with E-state index in [1.54, 1.807) is 12.3 Å². The van der Waals surface area contributed by atoms with Crippen LogP contribution in [0.2, 0.25) is 0 Å². The molecule has 0 bridgehead atoms. The van der Waals surface area contributed by atoms with Gasteiger partial charge in [-0.15, -0.1) is 11.3 Å². The van der Waals surface area contributed by atoms with E-state index >= 15 is 0 Å². The normalized spacial score (nSPS) is 10.8. The zero-order valence-electron chi connectivity index (χ0n) is 8.82. The molecule has 1 heterocycles. The summed E-state index contributed by atoms with van der Waals surface area (Å²) in [4.78, 5) is 15.4. The highest BCUT2D eigenvalue weighted by atomic mass is 32.1. The Hall–Kier alpha value is -1.20. The van der Waals surface area contributed by atoms with Gasteiger partial charge in [-0.25, -0.2) is 9.78 Å². The molecule has 0 radical (unpaired) electrons. The molecule has 1 rings (SSSR count). The molecule has 0 atom stereocenters. The summed E-state index contributed by atoms with van der Waals surface area (Å²) in [6.45, 7) is 2.94. The third kappa shape index (κ3) is 3.81. The molecule has 0 saturated carbocycles. The Kier molecular flexibility index (Phi) is 5.00. The molecule has 0 spiro atoms. The van der Waals surface area contributed by atoms with E-state index in [0.717, 1.165) is 11.6 Å². The molecule has 0 amide bonds. The van der Waals surface area contributed by atoms with E-state index in [1.165, 1.54) is 11.3 Å². The molecule has 0 aliphatic heterocycles. The zero-order valence-corrected chi connectivity index (χ0v) is 9.63. The van der Waals surface area contributed by atoms with Crippen LogP contribution in [0.3, 0.4) is 0 Å². The summed E-state index contributed by atoms with van der Waals surface area (Å²) in [5.41, 5.74) is 0.381. The standard InChI is InChI=1S/C10H14N2O2S/c1-3-14-10(13)8-7-15-9(12-8)5-4-6-11-2/h4-5,7,11H,3,6H2,1-2H3. The first-order valence-electron chi connectivity index (χ1n) is 4.71. The fraction of sp³-hybridized carbons (Fsp3) is 0.400. The lowest BCUT2D eigenvalue weighted by Gasteiger charge is -1.95. The third-order valence-electron chi connectivity index (χ3n) is 1.59. The van der Waals surface area contributed by atoms with Gasteiger partial charge in [0, 0.05) is 11.9 Å². The number of esters is 1. The Balaban J connectivity index is 2.59. The van der Waals surface area contributed by atoms with Crippen molar-refractivity contribution in [2.45, 2.75) is 6.92 Å². The van der Waals surface area contributed by atoms with Crippen molar-refractivity contribution in [1.29, 1.82) is 0 Å². The number of nitrogens with zero attached hydrogens (tertiary/aromatic N) is 1. The number of hydrogen-bond donors (Lipinski definition) is 1. The van der Waals surface area contributed by atoms with E-state index < -0.39 is 0 Å². The second kappa shape index (κ2) is 6.31. The smallest absolute Gasteiger partial charge is 0.357 e. The molecule has 5 heteroatoms. The molecule has 4 nitrogen and oxygen atoms in total. The largest absolute Gasteiger partial charge is 0.461 e. The quantitative estimate of drug-likeness (QED) is 0.774. The van der Waals surface area contributed by atoms with Crippen molar-refractivity contribution in [1.82, 2.24) is 10.3 Å². The summed E-state index contributed by atoms with van der Waals surface area (Å²) in [5.74, 6) is -0.359. The highest BCUT2D eigenvalue weighted by molar-refractivity contribution is 7.10. The van der Waals surface area contributed by atoms with Crippen LogP contribution in [0.5, 0.6) is 0 Å². The van der Waals surface area contributed by atoms with Crippen LogP contribution in [0.4, 0.5) is 0 Å². The van der Waals surface area contributed by atoms with Gasteiger partial charge in [-0.1, -0.05) is 6.08 Å². The highest BCUT2D eigenvalue weighted by Gasteiger charge is 2.09. The van der Waals surface area contributed by atoms with E-state index in [-0.39, 0.29) is 5.97 Å². The van der Waals surface area contributed by atoms with Crippen molar-refractivity contribution in [2.75, 3.05) is 20.2 Å². The molecule has 1 aromatic heterocycles. The van der Waals surface area contributed by atoms with Crippen molar-refractivity contribution in [3.63, 3.8) is 0 Å². The summed E-state index contributed by atoms with van der Waals surface area (Å²) in [6.07, 6.45) is 3.83. The van der Waals surface area contributed by atoms with Gasteiger partial charge >= 0.3 is 5.97 Å². The fourth-order valence-corrected chi connectivity index (χ4v) is 1.65. The van der Waals surface area contributed by atoms with Gasteiger partial charge < -0.3 is 10.1 Å². The third-order valence-corrected chi connectivity index (χ3v) is 2.40. The Labute approximate surface area is 93.0 Å². The van der Waals surface area contributed by atoms with E-state index in [2.05, 4.69) is 10.3 Å². The molecule has 15 heavy (non-hydrogen) atoms. The van der Waals surface area contributed by atoms with Crippen molar-refractivity contribution < 1.29 is 9.53 Å². The first-order chi connectivity index (χ1) is 7.27. The van der Waals surface area contributed by atoms with Crippen LogP contribution in [0, 0.1) is 0 Å². The van der Waals surface area contributed by atoms with Crippen LogP contribution >= 0.6 is 11.3 Å². The van der Waals surface area contributed by atoms with Crippen LogP contribution in [0.1, 0.15) is 22.4 Å². The molecule has 82 valence electrons. The van der Waals surface area contributed by atoms with E-state index in [9.17, 15) is 4.79 Å². The first kappa shape index (κ1) is 11.9. The topological polar surface area (TPSA) is 51.2 Å². The van der Waals surface area contributed by atoms with Gasteiger partial charge in [0.2, 0.25) is 0 Å². The van der Waals surface area contributed by atoms with Gasteiger partial charge in [0.25, 0.3) is 0 Å². The van der Waals surface area contributed by atoms with Gasteiger partial charge in [0.05, 0.1) is 6.61 Å². The number of likely N-dealkylation sites (N-methyl/N-ethyl adjacent to an activating group) is 1. The van der Waals surface area contributed by atoms with Crippen LogP contribution < -0.4 is 5.32 Å². The zero-order chi connectivity index (χ0) is 11.1. The lowest BCUT2D eigenvalue weighted by atomic mass is 10.5. The molecular formula is C10H14N2O2S. The fourth-order valence-electron chi connectivity index (χ4n) is 0.941. The lowest BCUT2D eigenvalue weighted by molar-refractivity contribution is 0.0520. The number of rotatable bonds is 5. The lowest BCUT2D eigenvalue weighted by Crippen LogP contribution is -2.05. The molecule has 1 aromatic rings. The minimum Gasteiger partial charge on any atom is -0.461 e. The van der Waals surface area contributed by atoms with Crippen LogP contribution in [0.15, 0.2) is 11.5 Å². The average Bonchev–Trinajstić information content (AvgIpc) is 2.67. The number of nitrogens with one attached hydrogen (secondary N) is 1. The molecule has 0 aliphatic rings. The van der Waals surface area contributed by atoms with E-state index in [4.69, 9.17) is 4.74 Å². The first-order valence-corrected chi connectivity index (χ1v) is 5.59. The second-order valence-electron chi connectivity index (χ2n) is 2.75. The number of aromatic nitrogens is 1. The van der Waals surface area contributed by atoms with Gasteiger partial charge in [0.1, 0.15) is 5.01 Å². The van der Waals surface area contributed by atoms with Crippen molar-refractivity contribution in [3.05, 3.63) is 22.2 Å². The van der Waals surface area contributed by atoms with Crippen molar-refractivity contribution in [3.8, 4) is 0 Å². The maximum absolute atomic E-state index is 11.3. The monoisotopic (exact) mass is 226 g/mol. The van der Waals surface area contributed by atoms with Crippen LogP contribution in [-0.4, -0.2) is 31.2 Å². The van der Waals surface area contributed by atoms with Crippen molar-refractivity contribution >= 4 is 23.4 Å². The second-order valence-corrected chi connectivity index (χ2v) is 3.64. The summed E-state index contributed by atoms with van der Waals surface area (Å²) in [6, 6.07) is 0. The number of carbonyl (C=O) groups excluding carboxylic acids is 1. The number of thiazole rings is 1. The predicted molar refractivity (Wildman–Crippen MR) is 61.0 cm³/mol. The minimum absolute atomic E-state index is 0.359. The number of ether oxygens (including phenoxy) is 1. The summed E-state index contributed by atoms with van der Waals surface area (Å²) in [5, 5.41) is 5.50. The number of carbonyl (C=O) groups is 1. The Morgan fingerprint density at radius 1 is 1.73 bits per heavy atom. The maximum Gasteiger partial charge on any atom is 0.357 e. The molecule has 0 aliphatic carbocycles. The number of hydrogen-bond acceptors (Lipinski definition) is 5. The van der Waals surface area contributed by atoms with Crippen LogP contribution in [0.25, 0.3) is 6.08 Å². The Morgan fingerprint density at radius 2 is 2.53 bits per heavy atom. The van der Waals surface area contributed by atoms with Crippen molar-refractivity contribution in [2.24, 2.45) is 0 Å². The van der Waals surface area contributed by atoms with Gasteiger partial charge in [-0.05, 0) is 20.0 Å². The Bertz CT molecular complexity index is 347. The van der Waals surface area contributed by atoms with Crippen LogP contribution in [-0.2, 0) is 4.74 Å². The van der Waals surface area contributed by atoms with Gasteiger partial charge in [-0.2, -0.15) is 0 Å². The summed E-state index contributed by atoms with van der Waals surface area (Å²) >= 11 is 1.43. The molecule has 1 N–H and O–H groups in total. The Morgan fingerprint density at radius 3 is 3.20 bits per heavy atom. The summed E-state index contributed by atoms with van der Waals surface area (Å²) in [7, 11) is 1.87. The maximum atomic E-state index is 11.3. The molecule has 0 aromatic carbocycles. The highest BCUT2D eigenvalue weighted by Crippen LogP contribution is 2.12. The molecular weight excluding hydrogens is 212 g/mol. The SMILES string of the molecule is CCOC(=O)c1csc(C=CCNC)n1. The van der Waals surface area contributed by atoms with Gasteiger partial charge in [0.15, 0.2) is 5.69 Å². The molecule has 0 unspecified atom stereocenters. The average molecular weight is 226 g/mol.